The van der Waals surface area contributed by atoms with Crippen molar-refractivity contribution in [2.45, 2.75) is 18.9 Å². The Morgan fingerprint density at radius 3 is 2.88 bits per heavy atom. The van der Waals surface area contributed by atoms with Crippen LogP contribution in [-0.2, 0) is 0 Å². The number of hydrogen-bond acceptors (Lipinski definition) is 6. The van der Waals surface area contributed by atoms with Crippen LogP contribution in [-0.4, -0.2) is 41.4 Å². The minimum Gasteiger partial charge on any atom is -0.350 e. The Labute approximate surface area is 156 Å². The number of thiazole rings is 1. The number of aromatic nitrogens is 3. The quantitative estimate of drug-likeness (QED) is 0.684. The lowest BCUT2D eigenvalue weighted by Crippen LogP contribution is -2.39. The van der Waals surface area contributed by atoms with Crippen molar-refractivity contribution >= 4 is 22.3 Å². The first-order valence-corrected chi connectivity index (χ1v) is 9.55. The summed E-state index contributed by atoms with van der Waals surface area (Å²) >= 11 is 1.61. The SMILES string of the molecule is CN(CC1CCCN1c1cccnn1)c1nc(-c2ccc(F)cc2)cs1. The van der Waals surface area contributed by atoms with Crippen LogP contribution in [0.4, 0.5) is 15.3 Å². The molecule has 1 aliphatic heterocycles. The number of anilines is 2. The summed E-state index contributed by atoms with van der Waals surface area (Å²) in [6.07, 6.45) is 4.00. The minimum atomic E-state index is -0.230. The summed E-state index contributed by atoms with van der Waals surface area (Å²) in [5.74, 6) is 0.709. The molecular formula is C19H20FN5S. The highest BCUT2D eigenvalue weighted by molar-refractivity contribution is 7.14. The summed E-state index contributed by atoms with van der Waals surface area (Å²) in [4.78, 5) is 9.25. The summed E-state index contributed by atoms with van der Waals surface area (Å²) < 4.78 is 13.1. The van der Waals surface area contributed by atoms with Gasteiger partial charge in [-0.05, 0) is 49.2 Å². The lowest BCUT2D eigenvalue weighted by molar-refractivity contribution is 0.628. The minimum absolute atomic E-state index is 0.230. The van der Waals surface area contributed by atoms with E-state index in [0.717, 1.165) is 48.1 Å². The molecule has 1 fully saturated rings. The molecule has 0 aliphatic carbocycles. The molecule has 134 valence electrons. The van der Waals surface area contributed by atoms with Crippen LogP contribution in [0.1, 0.15) is 12.8 Å². The van der Waals surface area contributed by atoms with E-state index in [4.69, 9.17) is 4.98 Å². The van der Waals surface area contributed by atoms with Crippen LogP contribution in [0.15, 0.2) is 48.0 Å². The number of likely N-dealkylation sites (N-methyl/N-ethyl adjacent to an activating group) is 1. The zero-order valence-corrected chi connectivity index (χ0v) is 15.4. The van der Waals surface area contributed by atoms with Crippen molar-refractivity contribution < 1.29 is 4.39 Å². The van der Waals surface area contributed by atoms with Crippen LogP contribution in [0.5, 0.6) is 0 Å². The lowest BCUT2D eigenvalue weighted by atomic mass is 10.2. The Kier molecular flexibility index (Phi) is 4.79. The van der Waals surface area contributed by atoms with E-state index in [0.29, 0.717) is 6.04 Å². The Bertz CT molecular complexity index is 852. The monoisotopic (exact) mass is 369 g/mol. The predicted octanol–water partition coefficient (Wildman–Crippen LogP) is 3.84. The van der Waals surface area contributed by atoms with Crippen molar-refractivity contribution in [1.82, 2.24) is 15.2 Å². The summed E-state index contributed by atoms with van der Waals surface area (Å²) in [5.41, 5.74) is 1.82. The largest absolute Gasteiger partial charge is 0.350 e. The van der Waals surface area contributed by atoms with E-state index in [1.807, 2.05) is 17.5 Å². The highest BCUT2D eigenvalue weighted by Crippen LogP contribution is 2.29. The van der Waals surface area contributed by atoms with Gasteiger partial charge in [-0.1, -0.05) is 0 Å². The third kappa shape index (κ3) is 3.53. The topological polar surface area (TPSA) is 45.2 Å². The summed E-state index contributed by atoms with van der Waals surface area (Å²) in [6, 6.07) is 10.8. The highest BCUT2D eigenvalue weighted by Gasteiger charge is 2.27. The molecule has 1 aliphatic rings. The normalized spacial score (nSPS) is 16.8. The molecule has 1 aromatic carbocycles. The number of halogens is 1. The fourth-order valence-electron chi connectivity index (χ4n) is 3.36. The standard InChI is InChI=1S/C19H20FN5S/c1-24(12-16-4-3-11-25(16)18-5-2-10-21-23-18)19-22-17(13-26-19)14-6-8-15(20)9-7-14/h2,5-10,13,16H,3-4,11-12H2,1H3. The second-order valence-electron chi connectivity index (χ2n) is 6.47. The van der Waals surface area contributed by atoms with Crippen LogP contribution < -0.4 is 9.80 Å². The van der Waals surface area contributed by atoms with Gasteiger partial charge in [0.1, 0.15) is 5.82 Å². The van der Waals surface area contributed by atoms with Gasteiger partial charge in [0.05, 0.1) is 5.69 Å². The van der Waals surface area contributed by atoms with Gasteiger partial charge >= 0.3 is 0 Å². The van der Waals surface area contributed by atoms with Gasteiger partial charge in [-0.2, -0.15) is 5.10 Å². The number of hydrogen-bond donors (Lipinski definition) is 0. The Morgan fingerprint density at radius 2 is 2.12 bits per heavy atom. The molecule has 0 spiro atoms. The van der Waals surface area contributed by atoms with Crippen LogP contribution in [0, 0.1) is 5.82 Å². The first-order chi connectivity index (χ1) is 12.7. The smallest absolute Gasteiger partial charge is 0.185 e. The molecule has 1 atom stereocenters. The van der Waals surface area contributed by atoms with Crippen LogP contribution in [0.3, 0.4) is 0 Å². The number of nitrogens with zero attached hydrogens (tertiary/aromatic N) is 5. The maximum absolute atomic E-state index is 13.1. The van der Waals surface area contributed by atoms with E-state index >= 15 is 0 Å². The van der Waals surface area contributed by atoms with E-state index in [-0.39, 0.29) is 5.82 Å². The van der Waals surface area contributed by atoms with E-state index in [1.165, 1.54) is 12.1 Å². The number of benzene rings is 1. The first-order valence-electron chi connectivity index (χ1n) is 8.67. The molecule has 0 N–H and O–H groups in total. The molecule has 3 heterocycles. The van der Waals surface area contributed by atoms with Gasteiger partial charge in [0.25, 0.3) is 0 Å². The van der Waals surface area contributed by atoms with Gasteiger partial charge in [0, 0.05) is 43.3 Å². The molecule has 5 nitrogen and oxygen atoms in total. The molecule has 0 radical (unpaired) electrons. The zero-order valence-electron chi connectivity index (χ0n) is 14.5. The molecule has 3 aromatic rings. The summed E-state index contributed by atoms with van der Waals surface area (Å²) in [6.45, 7) is 1.89. The fraction of sp³-hybridized carbons (Fsp3) is 0.316. The highest BCUT2D eigenvalue weighted by atomic mass is 32.1. The second kappa shape index (κ2) is 7.37. The van der Waals surface area contributed by atoms with Crippen molar-refractivity contribution in [2.75, 3.05) is 29.9 Å². The average molecular weight is 369 g/mol. The average Bonchev–Trinajstić information content (AvgIpc) is 3.33. The second-order valence-corrected chi connectivity index (χ2v) is 7.31. The fourth-order valence-corrected chi connectivity index (χ4v) is 4.17. The van der Waals surface area contributed by atoms with Gasteiger partial charge in [0.2, 0.25) is 0 Å². The van der Waals surface area contributed by atoms with Crippen molar-refractivity contribution in [3.05, 3.63) is 53.8 Å². The van der Waals surface area contributed by atoms with Crippen LogP contribution in [0.25, 0.3) is 11.3 Å². The molecule has 1 saturated heterocycles. The van der Waals surface area contributed by atoms with Gasteiger partial charge in [-0.25, -0.2) is 9.37 Å². The van der Waals surface area contributed by atoms with Crippen molar-refractivity contribution in [2.24, 2.45) is 0 Å². The molecule has 7 heteroatoms. The Balaban J connectivity index is 1.46. The third-order valence-corrected chi connectivity index (χ3v) is 5.63. The van der Waals surface area contributed by atoms with E-state index in [9.17, 15) is 4.39 Å². The van der Waals surface area contributed by atoms with Crippen LogP contribution in [0.2, 0.25) is 0 Å². The maximum atomic E-state index is 13.1. The van der Waals surface area contributed by atoms with Gasteiger partial charge in [-0.3, -0.25) is 0 Å². The van der Waals surface area contributed by atoms with Gasteiger partial charge in [0.15, 0.2) is 10.9 Å². The maximum Gasteiger partial charge on any atom is 0.185 e. The summed E-state index contributed by atoms with van der Waals surface area (Å²) in [5, 5.41) is 11.2. The first kappa shape index (κ1) is 16.9. The Morgan fingerprint density at radius 1 is 1.27 bits per heavy atom. The van der Waals surface area contributed by atoms with E-state index in [2.05, 4.69) is 27.0 Å². The van der Waals surface area contributed by atoms with Crippen molar-refractivity contribution in [3.63, 3.8) is 0 Å². The Hall–Kier alpha value is -2.54. The summed E-state index contributed by atoms with van der Waals surface area (Å²) in [7, 11) is 2.07. The van der Waals surface area contributed by atoms with E-state index in [1.54, 1.807) is 29.7 Å². The molecule has 1 unspecified atom stereocenters. The lowest BCUT2D eigenvalue weighted by Gasteiger charge is -2.29. The molecule has 4 rings (SSSR count). The van der Waals surface area contributed by atoms with E-state index < -0.39 is 0 Å². The van der Waals surface area contributed by atoms with Gasteiger partial charge in [-0.15, -0.1) is 16.4 Å². The van der Waals surface area contributed by atoms with Crippen molar-refractivity contribution in [3.8, 4) is 11.3 Å². The molecule has 2 aromatic heterocycles. The molecule has 0 saturated carbocycles. The predicted molar refractivity (Wildman–Crippen MR) is 103 cm³/mol. The third-order valence-electron chi connectivity index (χ3n) is 4.67. The molecular weight excluding hydrogens is 349 g/mol. The van der Waals surface area contributed by atoms with Gasteiger partial charge < -0.3 is 9.80 Å². The zero-order chi connectivity index (χ0) is 17.9. The van der Waals surface area contributed by atoms with Crippen LogP contribution >= 0.6 is 11.3 Å². The number of rotatable bonds is 5. The molecule has 0 bridgehead atoms. The van der Waals surface area contributed by atoms with Crippen molar-refractivity contribution in [1.29, 1.82) is 0 Å². The molecule has 0 amide bonds. The molecule has 26 heavy (non-hydrogen) atoms.